The largest absolute Gasteiger partial charge is 0.361 e. The smallest absolute Gasteiger partial charge is 0.224 e. The van der Waals surface area contributed by atoms with Gasteiger partial charge in [0.15, 0.2) is 0 Å². The minimum absolute atomic E-state index is 0.0795. The summed E-state index contributed by atoms with van der Waals surface area (Å²) in [4.78, 5) is 18.8. The molecule has 1 saturated heterocycles. The number of aromatic nitrogens is 1. The van der Waals surface area contributed by atoms with E-state index in [2.05, 4.69) is 71.8 Å². The maximum atomic E-state index is 11.8. The Morgan fingerprint density at radius 3 is 2.87 bits per heavy atom. The monoisotopic (exact) mass is 419 g/mol. The lowest BCUT2D eigenvalue weighted by molar-refractivity contribution is -0.118. The number of allylic oxidation sites excluding steroid dienone is 2. The SMILES string of the molecule is C=C1CC(C)(Nc2cc(C)c(C(/C=C\CNC)=C3\CNC(=O)C3)cn2)C=CN1C1CC1. The van der Waals surface area contributed by atoms with Gasteiger partial charge in [0.05, 0.1) is 12.0 Å². The summed E-state index contributed by atoms with van der Waals surface area (Å²) >= 11 is 0. The van der Waals surface area contributed by atoms with E-state index in [9.17, 15) is 4.79 Å². The first-order valence-electron chi connectivity index (χ1n) is 11.1. The van der Waals surface area contributed by atoms with E-state index in [1.807, 2.05) is 13.2 Å². The third kappa shape index (κ3) is 4.90. The number of nitrogens with one attached hydrogen (secondary N) is 3. The van der Waals surface area contributed by atoms with Crippen molar-refractivity contribution in [1.29, 1.82) is 0 Å². The number of amides is 1. The van der Waals surface area contributed by atoms with E-state index >= 15 is 0 Å². The van der Waals surface area contributed by atoms with Crippen LogP contribution in [0, 0.1) is 6.92 Å². The van der Waals surface area contributed by atoms with Crippen LogP contribution in [0.5, 0.6) is 0 Å². The number of anilines is 1. The second-order valence-corrected chi connectivity index (χ2v) is 9.05. The summed E-state index contributed by atoms with van der Waals surface area (Å²) in [7, 11) is 1.92. The Labute approximate surface area is 185 Å². The van der Waals surface area contributed by atoms with Crippen molar-refractivity contribution < 1.29 is 4.79 Å². The molecule has 164 valence electrons. The van der Waals surface area contributed by atoms with E-state index in [-0.39, 0.29) is 11.4 Å². The zero-order chi connectivity index (χ0) is 22.0. The average Bonchev–Trinajstić information content (AvgIpc) is 3.46. The fourth-order valence-electron chi connectivity index (χ4n) is 4.35. The van der Waals surface area contributed by atoms with Gasteiger partial charge in [-0.2, -0.15) is 0 Å². The molecule has 1 atom stereocenters. The van der Waals surface area contributed by atoms with Crippen molar-refractivity contribution in [3.63, 3.8) is 0 Å². The average molecular weight is 420 g/mol. The van der Waals surface area contributed by atoms with Crippen molar-refractivity contribution in [2.45, 2.75) is 51.1 Å². The van der Waals surface area contributed by atoms with Gasteiger partial charge in [0.1, 0.15) is 5.82 Å². The maximum Gasteiger partial charge on any atom is 0.224 e. The van der Waals surface area contributed by atoms with E-state index in [1.54, 1.807) is 0 Å². The molecule has 3 heterocycles. The van der Waals surface area contributed by atoms with Crippen LogP contribution in [0.2, 0.25) is 0 Å². The van der Waals surface area contributed by atoms with Crippen molar-refractivity contribution in [1.82, 2.24) is 20.5 Å². The number of likely N-dealkylation sites (N-methyl/N-ethyl adjacent to an activating group) is 1. The molecule has 3 N–H and O–H groups in total. The van der Waals surface area contributed by atoms with Gasteiger partial charge in [-0.1, -0.05) is 18.7 Å². The van der Waals surface area contributed by atoms with Crippen LogP contribution in [0.1, 0.15) is 43.7 Å². The number of rotatable bonds is 7. The number of carbonyl (C=O) groups is 1. The maximum absolute atomic E-state index is 11.8. The first-order valence-corrected chi connectivity index (χ1v) is 11.1. The Morgan fingerprint density at radius 2 is 2.26 bits per heavy atom. The zero-order valence-corrected chi connectivity index (χ0v) is 18.8. The van der Waals surface area contributed by atoms with Gasteiger partial charge in [-0.05, 0) is 62.6 Å². The molecule has 1 amide bonds. The summed E-state index contributed by atoms with van der Waals surface area (Å²) in [6, 6.07) is 2.74. The molecule has 1 unspecified atom stereocenters. The summed E-state index contributed by atoms with van der Waals surface area (Å²) in [5.41, 5.74) is 5.35. The van der Waals surface area contributed by atoms with Gasteiger partial charge in [-0.15, -0.1) is 0 Å². The van der Waals surface area contributed by atoms with E-state index in [0.717, 1.165) is 46.8 Å². The van der Waals surface area contributed by atoms with E-state index < -0.39 is 0 Å². The lowest BCUT2D eigenvalue weighted by atomic mass is 9.92. The number of hydrogen-bond acceptors (Lipinski definition) is 5. The number of carbonyl (C=O) groups excluding carboxylic acids is 1. The summed E-state index contributed by atoms with van der Waals surface area (Å²) in [5.74, 6) is 0.932. The number of nitrogens with zero attached hydrogens (tertiary/aromatic N) is 2. The van der Waals surface area contributed by atoms with Crippen molar-refractivity contribution in [3.05, 3.63) is 65.7 Å². The summed E-state index contributed by atoms with van der Waals surface area (Å²) in [6.45, 7) is 9.96. The summed E-state index contributed by atoms with van der Waals surface area (Å²) in [5, 5.41) is 9.66. The molecule has 1 aliphatic carbocycles. The van der Waals surface area contributed by atoms with Gasteiger partial charge in [-0.25, -0.2) is 4.98 Å². The molecule has 0 spiro atoms. The zero-order valence-electron chi connectivity index (χ0n) is 18.8. The number of pyridine rings is 1. The number of aryl methyl sites for hydroxylation is 1. The topological polar surface area (TPSA) is 69.3 Å². The fourth-order valence-corrected chi connectivity index (χ4v) is 4.35. The molecule has 2 aliphatic heterocycles. The second kappa shape index (κ2) is 8.71. The number of hydrogen-bond donors (Lipinski definition) is 3. The fraction of sp³-hybridized carbons (Fsp3) is 0.440. The van der Waals surface area contributed by atoms with Crippen LogP contribution in [0.3, 0.4) is 0 Å². The van der Waals surface area contributed by atoms with E-state index in [1.165, 1.54) is 12.8 Å². The Kier molecular flexibility index (Phi) is 6.01. The Bertz CT molecular complexity index is 972. The van der Waals surface area contributed by atoms with Crippen LogP contribution in [-0.2, 0) is 4.79 Å². The molecule has 3 aliphatic rings. The van der Waals surface area contributed by atoms with Gasteiger partial charge in [0.2, 0.25) is 5.91 Å². The standard InChI is InChI=1S/C25H33N5O/c1-17-12-23(29-25(3)9-11-30(18(2)14-25)20-7-8-20)27-16-22(17)21(6-5-10-26-4)19-13-24(31)28-15-19/h5-6,9,11-12,16,20,26H,2,7-8,10,13-15H2,1,3-4H3,(H,27,29)(H,28,31)/b6-5-,21-19-. The second-order valence-electron chi connectivity index (χ2n) is 9.05. The third-order valence-corrected chi connectivity index (χ3v) is 6.15. The molecule has 31 heavy (non-hydrogen) atoms. The molecule has 1 aromatic rings. The van der Waals surface area contributed by atoms with Crippen LogP contribution >= 0.6 is 0 Å². The first kappa shape index (κ1) is 21.4. The molecule has 0 aromatic carbocycles. The van der Waals surface area contributed by atoms with Crippen molar-refractivity contribution in [2.24, 2.45) is 0 Å². The minimum Gasteiger partial charge on any atom is -0.361 e. The quantitative estimate of drug-likeness (QED) is 0.631. The molecule has 2 fully saturated rings. The summed E-state index contributed by atoms with van der Waals surface area (Å²) < 4.78 is 0. The Balaban J connectivity index is 1.56. The molecule has 6 heteroatoms. The minimum atomic E-state index is -0.209. The molecular formula is C25H33N5O. The molecule has 6 nitrogen and oxygen atoms in total. The molecular weight excluding hydrogens is 386 g/mol. The molecule has 0 bridgehead atoms. The highest BCUT2D eigenvalue weighted by molar-refractivity contribution is 5.89. The molecule has 1 aromatic heterocycles. The van der Waals surface area contributed by atoms with Gasteiger partial charge in [-0.3, -0.25) is 4.79 Å². The Hall–Kier alpha value is -2.86. The van der Waals surface area contributed by atoms with E-state index in [4.69, 9.17) is 4.98 Å². The van der Waals surface area contributed by atoms with Crippen LogP contribution in [0.25, 0.3) is 5.57 Å². The normalized spacial score (nSPS) is 25.3. The van der Waals surface area contributed by atoms with Crippen molar-refractivity contribution >= 4 is 17.3 Å². The van der Waals surface area contributed by atoms with Crippen molar-refractivity contribution in [3.8, 4) is 0 Å². The van der Waals surface area contributed by atoms with Gasteiger partial charge in [0, 0.05) is 49.2 Å². The molecule has 1 saturated carbocycles. The summed E-state index contributed by atoms with van der Waals surface area (Å²) in [6.07, 6.45) is 14.3. The van der Waals surface area contributed by atoms with Crippen LogP contribution in [-0.4, -0.2) is 47.5 Å². The van der Waals surface area contributed by atoms with Crippen LogP contribution in [0.15, 0.2) is 54.5 Å². The highest BCUT2D eigenvalue weighted by Crippen LogP contribution is 2.37. The third-order valence-electron chi connectivity index (χ3n) is 6.15. The van der Waals surface area contributed by atoms with E-state index in [0.29, 0.717) is 19.0 Å². The first-order chi connectivity index (χ1) is 14.9. The van der Waals surface area contributed by atoms with Gasteiger partial charge < -0.3 is 20.9 Å². The molecule has 0 radical (unpaired) electrons. The van der Waals surface area contributed by atoms with Crippen LogP contribution in [0.4, 0.5) is 5.82 Å². The predicted octanol–water partition coefficient (Wildman–Crippen LogP) is 3.51. The van der Waals surface area contributed by atoms with Crippen molar-refractivity contribution in [2.75, 3.05) is 25.5 Å². The molecule has 4 rings (SSSR count). The van der Waals surface area contributed by atoms with Crippen LogP contribution < -0.4 is 16.0 Å². The highest BCUT2D eigenvalue weighted by atomic mass is 16.1. The van der Waals surface area contributed by atoms with Gasteiger partial charge in [0.25, 0.3) is 0 Å². The Morgan fingerprint density at radius 1 is 1.45 bits per heavy atom. The predicted molar refractivity (Wildman–Crippen MR) is 126 cm³/mol. The highest BCUT2D eigenvalue weighted by Gasteiger charge is 2.35. The lowest BCUT2D eigenvalue weighted by Gasteiger charge is -2.37. The lowest BCUT2D eigenvalue weighted by Crippen LogP contribution is -2.39. The van der Waals surface area contributed by atoms with Gasteiger partial charge >= 0.3 is 0 Å².